The number of pyridine rings is 1. The van der Waals surface area contributed by atoms with Crippen molar-refractivity contribution >= 4 is 22.4 Å². The van der Waals surface area contributed by atoms with Crippen molar-refractivity contribution in [2.45, 2.75) is 6.92 Å². The number of nitrogens with two attached hydrogens (primary N) is 1. The molecule has 0 fully saturated rings. The molecule has 3 aromatic rings. The van der Waals surface area contributed by atoms with Gasteiger partial charge in [-0.1, -0.05) is 23.7 Å². The van der Waals surface area contributed by atoms with E-state index in [9.17, 15) is 9.18 Å². The summed E-state index contributed by atoms with van der Waals surface area (Å²) in [6, 6.07) is 9.65. The molecular formula is C18H16ClFN2O2. The lowest BCUT2D eigenvalue weighted by Gasteiger charge is -2.15. The minimum Gasteiger partial charge on any atom is -0.489 e. The zero-order valence-corrected chi connectivity index (χ0v) is 13.8. The van der Waals surface area contributed by atoms with Crippen LogP contribution in [0.25, 0.3) is 22.0 Å². The summed E-state index contributed by atoms with van der Waals surface area (Å²) >= 11 is 6.06. The molecule has 124 valence electrons. The molecule has 1 aromatic heterocycles. The molecule has 0 atom stereocenters. The number of aryl methyl sites for hydroxylation is 1. The molecule has 4 nitrogen and oxygen atoms in total. The van der Waals surface area contributed by atoms with Crippen LogP contribution in [0.5, 0.6) is 5.75 Å². The van der Waals surface area contributed by atoms with Gasteiger partial charge in [0.1, 0.15) is 12.4 Å². The van der Waals surface area contributed by atoms with Crippen LogP contribution in [-0.4, -0.2) is 18.1 Å². The first-order valence-electron chi connectivity index (χ1n) is 7.46. The van der Waals surface area contributed by atoms with Crippen LogP contribution in [0.15, 0.2) is 41.2 Å². The van der Waals surface area contributed by atoms with Crippen molar-refractivity contribution in [2.24, 2.45) is 5.73 Å². The number of nitrogens with one attached hydrogen (secondary N) is 1. The molecule has 6 heteroatoms. The molecule has 0 radical (unpaired) electrons. The number of hydrogen-bond donors (Lipinski definition) is 2. The SMILES string of the molecule is Cc1cc(F)cc2c(=O)[nH]c(-c3cccc(Cl)c3)c(OCCN)c12. The fourth-order valence-corrected chi connectivity index (χ4v) is 2.93. The number of rotatable bonds is 4. The van der Waals surface area contributed by atoms with E-state index >= 15 is 0 Å². The molecule has 1 heterocycles. The van der Waals surface area contributed by atoms with E-state index < -0.39 is 5.82 Å². The Bertz CT molecular complexity index is 969. The Hall–Kier alpha value is -2.37. The molecule has 0 bridgehead atoms. The molecule has 0 aliphatic heterocycles. The summed E-state index contributed by atoms with van der Waals surface area (Å²) in [6.45, 7) is 2.32. The van der Waals surface area contributed by atoms with E-state index in [1.54, 1.807) is 25.1 Å². The van der Waals surface area contributed by atoms with Gasteiger partial charge in [-0.2, -0.15) is 0 Å². The molecule has 0 aliphatic carbocycles. The number of benzene rings is 2. The van der Waals surface area contributed by atoms with E-state index in [0.717, 1.165) is 0 Å². The smallest absolute Gasteiger partial charge is 0.256 e. The number of fused-ring (bicyclic) bond motifs is 1. The lowest BCUT2D eigenvalue weighted by Crippen LogP contribution is -2.15. The summed E-state index contributed by atoms with van der Waals surface area (Å²) in [7, 11) is 0. The van der Waals surface area contributed by atoms with Crippen LogP contribution in [0.4, 0.5) is 4.39 Å². The van der Waals surface area contributed by atoms with Gasteiger partial charge in [-0.15, -0.1) is 0 Å². The van der Waals surface area contributed by atoms with Crippen molar-refractivity contribution < 1.29 is 9.13 Å². The van der Waals surface area contributed by atoms with Crippen LogP contribution >= 0.6 is 11.6 Å². The lowest BCUT2D eigenvalue weighted by atomic mass is 10.0. The van der Waals surface area contributed by atoms with Gasteiger partial charge in [0.15, 0.2) is 5.75 Å². The Kier molecular flexibility index (Phi) is 4.55. The van der Waals surface area contributed by atoms with Gasteiger partial charge in [0, 0.05) is 22.5 Å². The van der Waals surface area contributed by atoms with Gasteiger partial charge in [-0.05, 0) is 36.8 Å². The molecule has 2 aromatic carbocycles. The highest BCUT2D eigenvalue weighted by molar-refractivity contribution is 6.30. The molecule has 0 unspecified atom stereocenters. The molecule has 0 amide bonds. The van der Waals surface area contributed by atoms with Crippen molar-refractivity contribution in [3.05, 3.63) is 63.2 Å². The van der Waals surface area contributed by atoms with E-state index in [0.29, 0.717) is 39.5 Å². The fraction of sp³-hybridized carbons (Fsp3) is 0.167. The molecule has 0 saturated carbocycles. The van der Waals surface area contributed by atoms with Gasteiger partial charge >= 0.3 is 0 Å². The lowest BCUT2D eigenvalue weighted by molar-refractivity contribution is 0.332. The van der Waals surface area contributed by atoms with E-state index in [1.807, 2.05) is 6.07 Å². The fourth-order valence-electron chi connectivity index (χ4n) is 2.74. The van der Waals surface area contributed by atoms with E-state index in [4.69, 9.17) is 22.1 Å². The highest BCUT2D eigenvalue weighted by Gasteiger charge is 2.17. The first kappa shape index (κ1) is 16.5. The maximum atomic E-state index is 13.7. The number of hydrogen-bond acceptors (Lipinski definition) is 3. The zero-order chi connectivity index (χ0) is 17.3. The quantitative estimate of drug-likeness (QED) is 0.758. The van der Waals surface area contributed by atoms with Crippen LogP contribution in [0.1, 0.15) is 5.56 Å². The van der Waals surface area contributed by atoms with Gasteiger partial charge in [0.2, 0.25) is 0 Å². The third-order valence-corrected chi connectivity index (χ3v) is 3.95. The van der Waals surface area contributed by atoms with E-state index in [2.05, 4.69) is 4.98 Å². The van der Waals surface area contributed by atoms with Crippen molar-refractivity contribution in [3.8, 4) is 17.0 Å². The number of aromatic nitrogens is 1. The Morgan fingerprint density at radius 1 is 1.29 bits per heavy atom. The molecule has 0 spiro atoms. The Balaban J connectivity index is 2.38. The monoisotopic (exact) mass is 346 g/mol. The van der Waals surface area contributed by atoms with Crippen LogP contribution in [0, 0.1) is 12.7 Å². The molecule has 24 heavy (non-hydrogen) atoms. The standard InChI is InChI=1S/C18H16ClFN2O2/c1-10-7-13(20)9-14-15(10)17(24-6-5-21)16(22-18(14)23)11-3-2-4-12(19)8-11/h2-4,7-9H,5-6,21H2,1H3,(H,22,23). The first-order chi connectivity index (χ1) is 11.5. The van der Waals surface area contributed by atoms with Crippen molar-refractivity contribution in [1.29, 1.82) is 0 Å². The van der Waals surface area contributed by atoms with E-state index in [1.165, 1.54) is 12.1 Å². The third-order valence-electron chi connectivity index (χ3n) is 3.72. The minimum atomic E-state index is -0.467. The van der Waals surface area contributed by atoms with Crippen LogP contribution in [0.2, 0.25) is 5.02 Å². The second kappa shape index (κ2) is 6.63. The highest BCUT2D eigenvalue weighted by Crippen LogP contribution is 2.36. The van der Waals surface area contributed by atoms with Gasteiger partial charge in [0.25, 0.3) is 5.56 Å². The van der Waals surface area contributed by atoms with Crippen molar-refractivity contribution in [1.82, 2.24) is 4.98 Å². The summed E-state index contributed by atoms with van der Waals surface area (Å²) in [5, 5.41) is 1.35. The second-order valence-electron chi connectivity index (χ2n) is 5.45. The largest absolute Gasteiger partial charge is 0.489 e. The van der Waals surface area contributed by atoms with E-state index in [-0.39, 0.29) is 17.6 Å². The second-order valence-corrected chi connectivity index (χ2v) is 5.89. The Labute approximate surface area is 143 Å². The number of aromatic amines is 1. The summed E-state index contributed by atoms with van der Waals surface area (Å²) in [5.41, 5.74) is 6.98. The van der Waals surface area contributed by atoms with Crippen LogP contribution < -0.4 is 16.0 Å². The van der Waals surface area contributed by atoms with Gasteiger partial charge in [-0.3, -0.25) is 4.79 Å². The van der Waals surface area contributed by atoms with Gasteiger partial charge in [-0.25, -0.2) is 4.39 Å². The Morgan fingerprint density at radius 2 is 2.08 bits per heavy atom. The number of ether oxygens (including phenoxy) is 1. The molecule has 0 aliphatic rings. The van der Waals surface area contributed by atoms with Crippen LogP contribution in [0.3, 0.4) is 0 Å². The van der Waals surface area contributed by atoms with Crippen LogP contribution in [-0.2, 0) is 0 Å². The van der Waals surface area contributed by atoms with Crippen molar-refractivity contribution in [3.63, 3.8) is 0 Å². The summed E-state index contributed by atoms with van der Waals surface area (Å²) < 4.78 is 19.5. The maximum absolute atomic E-state index is 13.7. The Morgan fingerprint density at radius 3 is 2.79 bits per heavy atom. The predicted octanol–water partition coefficient (Wildman–Crippen LogP) is 3.63. The third kappa shape index (κ3) is 3.00. The topological polar surface area (TPSA) is 68.1 Å². The maximum Gasteiger partial charge on any atom is 0.256 e. The molecule has 3 N–H and O–H groups in total. The highest BCUT2D eigenvalue weighted by atomic mass is 35.5. The summed E-state index contributed by atoms with van der Waals surface area (Å²) in [4.78, 5) is 15.2. The predicted molar refractivity (Wildman–Crippen MR) is 94.3 cm³/mol. The minimum absolute atomic E-state index is 0.241. The van der Waals surface area contributed by atoms with Gasteiger partial charge in [0.05, 0.1) is 11.1 Å². The summed E-state index contributed by atoms with van der Waals surface area (Å²) in [6.07, 6.45) is 0. The number of H-pyrrole nitrogens is 1. The summed E-state index contributed by atoms with van der Waals surface area (Å²) in [5.74, 6) is 0.000553. The van der Waals surface area contributed by atoms with Gasteiger partial charge < -0.3 is 15.5 Å². The molecule has 3 rings (SSSR count). The zero-order valence-electron chi connectivity index (χ0n) is 13.0. The normalized spacial score (nSPS) is 11.0. The average Bonchev–Trinajstić information content (AvgIpc) is 2.54. The number of halogens is 2. The van der Waals surface area contributed by atoms with Crippen molar-refractivity contribution in [2.75, 3.05) is 13.2 Å². The molecular weight excluding hydrogens is 331 g/mol. The average molecular weight is 347 g/mol. The first-order valence-corrected chi connectivity index (χ1v) is 7.84. The molecule has 0 saturated heterocycles.